The van der Waals surface area contributed by atoms with E-state index in [1.165, 1.54) is 12.8 Å². The van der Waals surface area contributed by atoms with Gasteiger partial charge in [0, 0.05) is 12.1 Å². The summed E-state index contributed by atoms with van der Waals surface area (Å²) >= 11 is 0. The second kappa shape index (κ2) is 4.34. The summed E-state index contributed by atoms with van der Waals surface area (Å²) in [7, 11) is 4.22. The Labute approximate surface area is 97.6 Å². The van der Waals surface area contributed by atoms with Crippen molar-refractivity contribution in [3.8, 4) is 0 Å². The van der Waals surface area contributed by atoms with Crippen LogP contribution in [0.2, 0.25) is 0 Å². The number of amides is 1. The molecule has 0 aromatic carbocycles. The van der Waals surface area contributed by atoms with Gasteiger partial charge in [-0.15, -0.1) is 0 Å². The highest BCUT2D eigenvalue weighted by Crippen LogP contribution is 2.33. The van der Waals surface area contributed by atoms with Crippen LogP contribution in [0.3, 0.4) is 0 Å². The summed E-state index contributed by atoms with van der Waals surface area (Å²) in [5.41, 5.74) is 5.36. The number of nitrogens with one attached hydrogen (secondary N) is 1. The third kappa shape index (κ3) is 2.55. The lowest BCUT2D eigenvalue weighted by atomic mass is 9.90. The smallest absolute Gasteiger partial charge is 0.240 e. The van der Waals surface area contributed by atoms with E-state index in [0.717, 1.165) is 25.7 Å². The molecule has 2 saturated carbocycles. The molecular formula is C12H23N3O. The van der Waals surface area contributed by atoms with Crippen LogP contribution in [0, 0.1) is 0 Å². The Morgan fingerprint density at radius 2 is 2.06 bits per heavy atom. The average Bonchev–Trinajstić information content (AvgIpc) is 2.98. The Morgan fingerprint density at radius 1 is 1.38 bits per heavy atom. The first kappa shape index (κ1) is 11.9. The van der Waals surface area contributed by atoms with E-state index in [0.29, 0.717) is 12.1 Å². The van der Waals surface area contributed by atoms with Gasteiger partial charge in [0.1, 0.15) is 0 Å². The fourth-order valence-corrected chi connectivity index (χ4v) is 2.45. The number of carbonyl (C=O) groups excluding carboxylic acids is 1. The lowest BCUT2D eigenvalue weighted by Crippen LogP contribution is -2.50. The van der Waals surface area contributed by atoms with E-state index in [9.17, 15) is 4.79 Å². The first-order chi connectivity index (χ1) is 7.51. The monoisotopic (exact) mass is 225 g/mol. The maximum Gasteiger partial charge on any atom is 0.240 e. The van der Waals surface area contributed by atoms with Crippen molar-refractivity contribution in [1.29, 1.82) is 0 Å². The number of rotatable bonds is 3. The van der Waals surface area contributed by atoms with Crippen LogP contribution in [0.1, 0.15) is 38.5 Å². The molecule has 92 valence electrons. The maximum absolute atomic E-state index is 11.8. The molecule has 2 unspecified atom stereocenters. The van der Waals surface area contributed by atoms with Gasteiger partial charge in [0.05, 0.1) is 5.54 Å². The zero-order valence-corrected chi connectivity index (χ0v) is 10.3. The molecule has 16 heavy (non-hydrogen) atoms. The van der Waals surface area contributed by atoms with E-state index in [4.69, 9.17) is 5.73 Å². The third-order valence-corrected chi connectivity index (χ3v) is 3.95. The normalized spacial score (nSPS) is 32.5. The Morgan fingerprint density at radius 3 is 2.62 bits per heavy atom. The summed E-state index contributed by atoms with van der Waals surface area (Å²) in [6.07, 6.45) is 6.31. The summed E-state index contributed by atoms with van der Waals surface area (Å²) in [4.78, 5) is 14.1. The van der Waals surface area contributed by atoms with Gasteiger partial charge in [0.25, 0.3) is 0 Å². The molecule has 2 fully saturated rings. The van der Waals surface area contributed by atoms with Crippen molar-refractivity contribution in [2.24, 2.45) is 5.73 Å². The van der Waals surface area contributed by atoms with Gasteiger partial charge in [-0.2, -0.15) is 0 Å². The number of nitrogens with zero attached hydrogens (tertiary/aromatic N) is 1. The maximum atomic E-state index is 11.8. The minimum Gasteiger partial charge on any atom is -0.352 e. The fourth-order valence-electron chi connectivity index (χ4n) is 2.45. The highest BCUT2D eigenvalue weighted by Gasteiger charge is 2.46. The van der Waals surface area contributed by atoms with E-state index < -0.39 is 5.54 Å². The molecule has 0 aromatic heterocycles. The van der Waals surface area contributed by atoms with Crippen LogP contribution in [0.15, 0.2) is 0 Å². The largest absolute Gasteiger partial charge is 0.352 e. The molecule has 0 aliphatic heterocycles. The van der Waals surface area contributed by atoms with Crippen molar-refractivity contribution in [3.63, 3.8) is 0 Å². The molecule has 1 amide bonds. The third-order valence-electron chi connectivity index (χ3n) is 3.95. The quantitative estimate of drug-likeness (QED) is 0.734. The molecule has 0 heterocycles. The van der Waals surface area contributed by atoms with Crippen molar-refractivity contribution in [1.82, 2.24) is 10.2 Å². The highest BCUT2D eigenvalue weighted by atomic mass is 16.2. The predicted octanol–water partition coefficient (Wildman–Crippen LogP) is 0.467. The molecule has 0 bridgehead atoms. The molecule has 0 saturated heterocycles. The van der Waals surface area contributed by atoms with Gasteiger partial charge in [-0.3, -0.25) is 4.79 Å². The Hall–Kier alpha value is -0.610. The predicted molar refractivity (Wildman–Crippen MR) is 64.0 cm³/mol. The minimum absolute atomic E-state index is 0.0666. The van der Waals surface area contributed by atoms with Crippen LogP contribution < -0.4 is 11.1 Å². The second-order valence-corrected chi connectivity index (χ2v) is 5.61. The van der Waals surface area contributed by atoms with Gasteiger partial charge in [0.15, 0.2) is 0 Å². The van der Waals surface area contributed by atoms with Gasteiger partial charge < -0.3 is 16.0 Å². The molecule has 3 N–H and O–H groups in total. The van der Waals surface area contributed by atoms with E-state index in [1.807, 2.05) is 0 Å². The van der Waals surface area contributed by atoms with Gasteiger partial charge in [-0.25, -0.2) is 0 Å². The first-order valence-corrected chi connectivity index (χ1v) is 6.27. The number of carbonyl (C=O) groups is 1. The van der Waals surface area contributed by atoms with Crippen LogP contribution in [-0.2, 0) is 4.79 Å². The Kier molecular flexibility index (Phi) is 3.22. The average molecular weight is 225 g/mol. The lowest BCUT2D eigenvalue weighted by Gasteiger charge is -2.34. The van der Waals surface area contributed by atoms with Crippen LogP contribution in [0.5, 0.6) is 0 Å². The zero-order chi connectivity index (χ0) is 11.8. The number of nitrogens with two attached hydrogens (primary N) is 1. The molecule has 0 spiro atoms. The molecule has 0 aromatic rings. The van der Waals surface area contributed by atoms with Crippen molar-refractivity contribution in [3.05, 3.63) is 0 Å². The number of hydrogen-bond donors (Lipinski definition) is 2. The van der Waals surface area contributed by atoms with Gasteiger partial charge >= 0.3 is 0 Å². The van der Waals surface area contributed by atoms with Crippen molar-refractivity contribution < 1.29 is 4.79 Å². The van der Waals surface area contributed by atoms with Crippen molar-refractivity contribution in [2.75, 3.05) is 14.1 Å². The van der Waals surface area contributed by atoms with Crippen LogP contribution in [-0.4, -0.2) is 42.5 Å². The van der Waals surface area contributed by atoms with Gasteiger partial charge in [-0.1, -0.05) is 0 Å². The topological polar surface area (TPSA) is 58.4 Å². The van der Waals surface area contributed by atoms with E-state index >= 15 is 0 Å². The van der Waals surface area contributed by atoms with E-state index in [2.05, 4.69) is 24.3 Å². The molecule has 4 heteroatoms. The zero-order valence-electron chi connectivity index (χ0n) is 10.3. The first-order valence-electron chi connectivity index (χ1n) is 6.27. The van der Waals surface area contributed by atoms with Crippen LogP contribution in [0.25, 0.3) is 0 Å². The molecule has 0 radical (unpaired) electrons. The summed E-state index contributed by atoms with van der Waals surface area (Å²) < 4.78 is 0. The summed E-state index contributed by atoms with van der Waals surface area (Å²) in [6, 6.07) is 0.932. The van der Waals surface area contributed by atoms with Crippen LogP contribution >= 0.6 is 0 Å². The highest BCUT2D eigenvalue weighted by molar-refractivity contribution is 5.89. The Bertz CT molecular complexity index is 273. The van der Waals surface area contributed by atoms with Crippen molar-refractivity contribution >= 4 is 5.91 Å². The summed E-state index contributed by atoms with van der Waals surface area (Å²) in [6.45, 7) is 0. The lowest BCUT2D eigenvalue weighted by molar-refractivity contribution is -0.124. The van der Waals surface area contributed by atoms with Gasteiger partial charge in [-0.05, 0) is 52.6 Å². The van der Waals surface area contributed by atoms with Crippen molar-refractivity contribution in [2.45, 2.75) is 56.1 Å². The molecule has 2 aliphatic rings. The fraction of sp³-hybridized carbons (Fsp3) is 0.917. The number of hydrogen-bond acceptors (Lipinski definition) is 3. The molecule has 2 rings (SSSR count). The van der Waals surface area contributed by atoms with Gasteiger partial charge in [0.2, 0.25) is 5.91 Å². The SMILES string of the molecule is CN(C)C1CCCC(NC(=O)C2(N)CC2)C1. The summed E-state index contributed by atoms with van der Waals surface area (Å²) in [5, 5.41) is 3.12. The minimum atomic E-state index is -0.523. The van der Waals surface area contributed by atoms with E-state index in [1.54, 1.807) is 0 Å². The molecule has 2 atom stereocenters. The van der Waals surface area contributed by atoms with Crippen LogP contribution in [0.4, 0.5) is 0 Å². The molecule has 2 aliphatic carbocycles. The Balaban J connectivity index is 1.83. The standard InChI is InChI=1S/C12H23N3O/c1-15(2)10-5-3-4-9(8-10)14-11(16)12(13)6-7-12/h9-10H,3-8,13H2,1-2H3,(H,14,16). The summed E-state index contributed by atoms with van der Waals surface area (Å²) in [5.74, 6) is 0.0666. The molecule has 4 nitrogen and oxygen atoms in total. The second-order valence-electron chi connectivity index (χ2n) is 5.61. The van der Waals surface area contributed by atoms with E-state index in [-0.39, 0.29) is 5.91 Å². The molecular weight excluding hydrogens is 202 g/mol.